The number of cyclic esters (lactones) is 1. The van der Waals surface area contributed by atoms with Crippen LogP contribution in [0.15, 0.2) is 12.1 Å². The van der Waals surface area contributed by atoms with Crippen LogP contribution in [0, 0.1) is 0 Å². The minimum Gasteiger partial charge on any atom is -0.493 e. The van der Waals surface area contributed by atoms with Gasteiger partial charge in [0.05, 0.1) is 33.1 Å². The highest BCUT2D eigenvalue weighted by Crippen LogP contribution is 2.57. The van der Waals surface area contributed by atoms with Gasteiger partial charge in [-0.15, -0.1) is 0 Å². The van der Waals surface area contributed by atoms with E-state index in [1.807, 2.05) is 13.1 Å². The van der Waals surface area contributed by atoms with E-state index >= 15 is 0 Å². The summed E-state index contributed by atoms with van der Waals surface area (Å²) in [6, 6.07) is 3.29. The number of carbonyl (C=O) groups is 1. The van der Waals surface area contributed by atoms with Gasteiger partial charge in [-0.3, -0.25) is 4.90 Å². The van der Waals surface area contributed by atoms with Crippen LogP contribution < -0.4 is 29.4 Å². The number of ether oxygens (including phenoxy) is 6. The van der Waals surface area contributed by atoms with E-state index in [1.54, 1.807) is 13.2 Å². The third-order valence-electron chi connectivity index (χ3n) is 6.26. The second-order valence-corrected chi connectivity index (χ2v) is 7.67. The molecule has 5 rings (SSSR count). The van der Waals surface area contributed by atoms with Crippen LogP contribution in [0.4, 0.5) is 5.69 Å². The first-order valence-corrected chi connectivity index (χ1v) is 9.95. The summed E-state index contributed by atoms with van der Waals surface area (Å²) >= 11 is 0. The summed E-state index contributed by atoms with van der Waals surface area (Å²) < 4.78 is 33.8. The van der Waals surface area contributed by atoms with E-state index < -0.39 is 12.1 Å². The average molecular weight is 428 g/mol. The maximum atomic E-state index is 12.9. The van der Waals surface area contributed by atoms with Crippen molar-refractivity contribution in [3.8, 4) is 28.7 Å². The van der Waals surface area contributed by atoms with Crippen LogP contribution in [0.3, 0.4) is 0 Å². The lowest BCUT2D eigenvalue weighted by molar-refractivity contribution is 0.00879. The fraction of sp³-hybridized carbons (Fsp3) is 0.409. The van der Waals surface area contributed by atoms with Crippen LogP contribution in [0.2, 0.25) is 0 Å². The predicted octanol–water partition coefficient (Wildman–Crippen LogP) is 2.46. The largest absolute Gasteiger partial charge is 0.493 e. The van der Waals surface area contributed by atoms with Gasteiger partial charge >= 0.3 is 5.97 Å². The zero-order chi connectivity index (χ0) is 21.9. The first-order chi connectivity index (χ1) is 15.0. The molecule has 2 N–H and O–H groups in total. The summed E-state index contributed by atoms with van der Waals surface area (Å²) in [4.78, 5) is 15.1. The molecule has 0 unspecified atom stereocenters. The Morgan fingerprint density at radius 1 is 1.06 bits per heavy atom. The number of hydrogen-bond acceptors (Lipinski definition) is 9. The minimum absolute atomic E-state index is 0.0809. The van der Waals surface area contributed by atoms with Crippen molar-refractivity contribution in [1.29, 1.82) is 0 Å². The summed E-state index contributed by atoms with van der Waals surface area (Å²) in [5.41, 5.74) is 9.88. The Hall–Kier alpha value is -3.33. The number of hydrogen-bond donors (Lipinski definition) is 1. The zero-order valence-corrected chi connectivity index (χ0v) is 17.8. The van der Waals surface area contributed by atoms with Gasteiger partial charge in [0.1, 0.15) is 11.7 Å². The fourth-order valence-electron chi connectivity index (χ4n) is 4.87. The molecule has 0 saturated heterocycles. The Labute approximate surface area is 179 Å². The van der Waals surface area contributed by atoms with Gasteiger partial charge in [-0.05, 0) is 25.1 Å². The SMILES string of the molecule is COc1ccc2c(c1OC)C(=O)O[C@H]2[C@@H]1c2c(c(N)c3c(c2OC)OCO3)CCN1C. The van der Waals surface area contributed by atoms with Crippen LogP contribution in [0.25, 0.3) is 0 Å². The van der Waals surface area contributed by atoms with Crippen molar-refractivity contribution in [3.63, 3.8) is 0 Å². The number of methoxy groups -OCH3 is 3. The maximum absolute atomic E-state index is 12.9. The lowest BCUT2D eigenvalue weighted by Gasteiger charge is -2.39. The standard InChI is InChI=1S/C22H24N2O7/c1-24-8-7-10-13(19(28-4)21-20(15(10)23)29-9-30-21)16(24)17-11-5-6-12(26-2)18(27-3)14(11)22(25)31-17/h5-6,16-17H,7-9,23H2,1-4H3/t16-,17+/m0/s1. The zero-order valence-electron chi connectivity index (χ0n) is 17.8. The number of benzene rings is 2. The van der Waals surface area contributed by atoms with Crippen LogP contribution in [0.5, 0.6) is 28.7 Å². The second kappa shape index (κ2) is 7.12. The van der Waals surface area contributed by atoms with E-state index in [4.69, 9.17) is 34.2 Å². The van der Waals surface area contributed by atoms with E-state index in [-0.39, 0.29) is 12.8 Å². The molecule has 0 radical (unpaired) electrons. The van der Waals surface area contributed by atoms with Crippen molar-refractivity contribution < 1.29 is 33.2 Å². The molecule has 0 fully saturated rings. The molecule has 2 aromatic rings. The molecule has 0 saturated carbocycles. The number of carbonyl (C=O) groups excluding carboxylic acids is 1. The molecule has 3 heterocycles. The van der Waals surface area contributed by atoms with Gasteiger partial charge in [0, 0.05) is 17.7 Å². The quantitative estimate of drug-likeness (QED) is 0.581. The van der Waals surface area contributed by atoms with Crippen molar-refractivity contribution in [3.05, 3.63) is 34.4 Å². The third kappa shape index (κ3) is 2.62. The van der Waals surface area contributed by atoms with Gasteiger partial charge in [-0.2, -0.15) is 0 Å². The molecule has 9 heteroatoms. The molecule has 0 amide bonds. The molecule has 0 bridgehead atoms. The number of rotatable bonds is 4. The summed E-state index contributed by atoms with van der Waals surface area (Å²) in [6.45, 7) is 0.804. The Morgan fingerprint density at radius 3 is 2.52 bits per heavy atom. The molecule has 3 aliphatic heterocycles. The van der Waals surface area contributed by atoms with Crippen molar-refractivity contribution in [1.82, 2.24) is 4.90 Å². The number of nitrogen functional groups attached to an aromatic ring is 1. The van der Waals surface area contributed by atoms with Gasteiger partial charge < -0.3 is 34.2 Å². The van der Waals surface area contributed by atoms with Gasteiger partial charge in [-0.25, -0.2) is 4.79 Å². The molecule has 0 aliphatic carbocycles. The van der Waals surface area contributed by atoms with Crippen LogP contribution in [-0.4, -0.2) is 52.6 Å². The van der Waals surface area contributed by atoms with Crippen LogP contribution in [0.1, 0.15) is 39.2 Å². The van der Waals surface area contributed by atoms with Crippen molar-refractivity contribution in [2.24, 2.45) is 0 Å². The summed E-state index contributed by atoms with van der Waals surface area (Å²) in [7, 11) is 6.61. The van der Waals surface area contributed by atoms with Gasteiger partial charge in [-0.1, -0.05) is 6.07 Å². The molecule has 0 aromatic heterocycles. The number of fused-ring (bicyclic) bond motifs is 3. The van der Waals surface area contributed by atoms with E-state index in [0.29, 0.717) is 46.4 Å². The van der Waals surface area contributed by atoms with E-state index in [2.05, 4.69) is 4.90 Å². The van der Waals surface area contributed by atoms with Gasteiger partial charge in [0.2, 0.25) is 12.5 Å². The van der Waals surface area contributed by atoms with E-state index in [0.717, 1.165) is 23.2 Å². The molecule has 31 heavy (non-hydrogen) atoms. The Bertz CT molecular complexity index is 1080. The molecule has 0 spiro atoms. The summed E-state index contributed by atoms with van der Waals surface area (Å²) in [6.07, 6.45) is 0.126. The number of anilines is 1. The molecule has 2 atom stereocenters. The number of nitrogens with two attached hydrogens (primary N) is 1. The Kier molecular flexibility index (Phi) is 4.51. The average Bonchev–Trinajstić information content (AvgIpc) is 3.39. The van der Waals surface area contributed by atoms with Crippen molar-refractivity contribution in [2.75, 3.05) is 47.4 Å². The number of esters is 1. The van der Waals surface area contributed by atoms with Crippen molar-refractivity contribution in [2.45, 2.75) is 18.6 Å². The maximum Gasteiger partial charge on any atom is 0.343 e. The Morgan fingerprint density at radius 2 is 1.81 bits per heavy atom. The highest BCUT2D eigenvalue weighted by atomic mass is 16.7. The second-order valence-electron chi connectivity index (χ2n) is 7.67. The lowest BCUT2D eigenvalue weighted by atomic mass is 9.84. The molecule has 164 valence electrons. The fourth-order valence-corrected chi connectivity index (χ4v) is 4.87. The normalized spacial score (nSPS) is 21.4. The van der Waals surface area contributed by atoms with Crippen LogP contribution >= 0.6 is 0 Å². The number of likely N-dealkylation sites (N-methyl/N-ethyl adjacent to an activating group) is 1. The van der Waals surface area contributed by atoms with Crippen molar-refractivity contribution >= 4 is 11.7 Å². The van der Waals surface area contributed by atoms with Crippen LogP contribution in [-0.2, 0) is 11.2 Å². The summed E-state index contributed by atoms with van der Waals surface area (Å²) in [5.74, 6) is 1.93. The van der Waals surface area contributed by atoms with Gasteiger partial charge in [0.25, 0.3) is 0 Å². The predicted molar refractivity (Wildman–Crippen MR) is 110 cm³/mol. The first-order valence-electron chi connectivity index (χ1n) is 9.95. The molecular weight excluding hydrogens is 404 g/mol. The summed E-state index contributed by atoms with van der Waals surface area (Å²) in [5, 5.41) is 0. The molecule has 2 aromatic carbocycles. The smallest absolute Gasteiger partial charge is 0.343 e. The van der Waals surface area contributed by atoms with Gasteiger partial charge in [0.15, 0.2) is 23.0 Å². The molecule has 3 aliphatic rings. The van der Waals surface area contributed by atoms with E-state index in [9.17, 15) is 4.79 Å². The topological polar surface area (TPSA) is 102 Å². The highest BCUT2D eigenvalue weighted by molar-refractivity contribution is 5.98. The lowest BCUT2D eigenvalue weighted by Crippen LogP contribution is -2.36. The van der Waals surface area contributed by atoms with E-state index in [1.165, 1.54) is 14.2 Å². The molecular formula is C22H24N2O7. The monoisotopic (exact) mass is 428 g/mol. The minimum atomic E-state index is -0.583. The molecule has 9 nitrogen and oxygen atoms in total. The third-order valence-corrected chi connectivity index (χ3v) is 6.26. The number of nitrogens with zero attached hydrogens (tertiary/aromatic N) is 1. The first kappa shape index (κ1) is 19.6. The Balaban J connectivity index is 1.72. The highest BCUT2D eigenvalue weighted by Gasteiger charge is 2.47.